The van der Waals surface area contributed by atoms with E-state index in [0.717, 1.165) is 17.9 Å². The van der Waals surface area contributed by atoms with E-state index in [0.29, 0.717) is 0 Å². The monoisotopic (exact) mass is 197 g/mol. The summed E-state index contributed by atoms with van der Waals surface area (Å²) in [4.78, 5) is 0. The molecule has 1 aliphatic carbocycles. The third-order valence-electron chi connectivity index (χ3n) is 3.75. The van der Waals surface area contributed by atoms with Gasteiger partial charge in [0, 0.05) is 6.04 Å². The molecule has 1 N–H and O–H groups in total. The smallest absolute Gasteiger partial charge is 0.00692 e. The Labute approximate surface area is 89.7 Å². The molecule has 0 heterocycles. The van der Waals surface area contributed by atoms with E-state index in [-0.39, 0.29) is 0 Å². The standard InChI is InChI=1S/C13H27N/c1-4-5-6-12-8-7-11(2)9-13(10-12)14-3/h11-14H,4-10H2,1-3H3. The van der Waals surface area contributed by atoms with Crippen molar-refractivity contribution in [3.05, 3.63) is 0 Å². The molecule has 1 rings (SSSR count). The third-order valence-corrected chi connectivity index (χ3v) is 3.75. The lowest BCUT2D eigenvalue weighted by molar-refractivity contribution is 0.371. The third kappa shape index (κ3) is 4.00. The van der Waals surface area contributed by atoms with Gasteiger partial charge in [-0.05, 0) is 31.7 Å². The normalized spacial score (nSPS) is 34.1. The summed E-state index contributed by atoms with van der Waals surface area (Å²) in [6.45, 7) is 4.71. The molecule has 0 radical (unpaired) electrons. The van der Waals surface area contributed by atoms with Crippen LogP contribution in [0.25, 0.3) is 0 Å². The van der Waals surface area contributed by atoms with Gasteiger partial charge in [0.2, 0.25) is 0 Å². The average molecular weight is 197 g/mol. The Morgan fingerprint density at radius 3 is 2.64 bits per heavy atom. The molecule has 1 nitrogen and oxygen atoms in total. The summed E-state index contributed by atoms with van der Waals surface area (Å²) in [6, 6.07) is 0.786. The number of nitrogens with one attached hydrogen (secondary N) is 1. The lowest BCUT2D eigenvalue weighted by Gasteiger charge is -2.19. The highest BCUT2D eigenvalue weighted by molar-refractivity contribution is 4.77. The number of unbranched alkanes of at least 4 members (excludes halogenated alkanes) is 1. The molecule has 3 atom stereocenters. The van der Waals surface area contributed by atoms with E-state index in [4.69, 9.17) is 0 Å². The molecule has 1 saturated carbocycles. The van der Waals surface area contributed by atoms with Crippen LogP contribution in [0.1, 0.15) is 58.8 Å². The SMILES string of the molecule is CCCCC1CCC(C)CC(NC)C1. The zero-order chi connectivity index (χ0) is 10.4. The van der Waals surface area contributed by atoms with Gasteiger partial charge >= 0.3 is 0 Å². The van der Waals surface area contributed by atoms with E-state index >= 15 is 0 Å². The fraction of sp³-hybridized carbons (Fsp3) is 1.00. The van der Waals surface area contributed by atoms with Gasteiger partial charge in [0.05, 0.1) is 0 Å². The predicted octanol–water partition coefficient (Wildman–Crippen LogP) is 3.59. The van der Waals surface area contributed by atoms with Crippen molar-refractivity contribution >= 4 is 0 Å². The summed E-state index contributed by atoms with van der Waals surface area (Å²) < 4.78 is 0. The van der Waals surface area contributed by atoms with Gasteiger partial charge in [0.15, 0.2) is 0 Å². The van der Waals surface area contributed by atoms with Crippen molar-refractivity contribution in [2.45, 2.75) is 64.8 Å². The molecule has 1 fully saturated rings. The molecular weight excluding hydrogens is 170 g/mol. The molecule has 0 aromatic carbocycles. The van der Waals surface area contributed by atoms with E-state index in [9.17, 15) is 0 Å². The van der Waals surface area contributed by atoms with Crippen molar-refractivity contribution in [1.29, 1.82) is 0 Å². The Morgan fingerprint density at radius 2 is 2.00 bits per heavy atom. The molecule has 14 heavy (non-hydrogen) atoms. The molecule has 0 bridgehead atoms. The summed E-state index contributed by atoms with van der Waals surface area (Å²) in [5.41, 5.74) is 0. The van der Waals surface area contributed by atoms with Crippen LogP contribution in [-0.2, 0) is 0 Å². The number of rotatable bonds is 4. The van der Waals surface area contributed by atoms with Gasteiger partial charge in [0.1, 0.15) is 0 Å². The van der Waals surface area contributed by atoms with E-state index in [1.165, 1.54) is 44.9 Å². The van der Waals surface area contributed by atoms with Crippen LogP contribution in [0.4, 0.5) is 0 Å². The summed E-state index contributed by atoms with van der Waals surface area (Å²) in [7, 11) is 2.12. The maximum Gasteiger partial charge on any atom is 0.00692 e. The maximum atomic E-state index is 3.48. The zero-order valence-corrected chi connectivity index (χ0v) is 10.2. The van der Waals surface area contributed by atoms with E-state index < -0.39 is 0 Å². The summed E-state index contributed by atoms with van der Waals surface area (Å²) in [6.07, 6.45) is 9.97. The first kappa shape index (κ1) is 12.0. The average Bonchev–Trinajstić information content (AvgIpc) is 2.37. The van der Waals surface area contributed by atoms with Crippen LogP contribution in [0, 0.1) is 11.8 Å². The van der Waals surface area contributed by atoms with Gasteiger partial charge in [0.25, 0.3) is 0 Å². The predicted molar refractivity (Wildman–Crippen MR) is 63.5 cm³/mol. The van der Waals surface area contributed by atoms with Crippen LogP contribution < -0.4 is 5.32 Å². The summed E-state index contributed by atoms with van der Waals surface area (Å²) in [5, 5.41) is 3.48. The Balaban J connectivity index is 2.36. The molecule has 0 amide bonds. The van der Waals surface area contributed by atoms with Gasteiger partial charge in [-0.2, -0.15) is 0 Å². The Morgan fingerprint density at radius 1 is 1.21 bits per heavy atom. The molecule has 1 aliphatic rings. The van der Waals surface area contributed by atoms with Crippen molar-refractivity contribution in [3.63, 3.8) is 0 Å². The second-order valence-electron chi connectivity index (χ2n) is 5.15. The first-order chi connectivity index (χ1) is 6.76. The van der Waals surface area contributed by atoms with Crippen LogP contribution >= 0.6 is 0 Å². The van der Waals surface area contributed by atoms with Gasteiger partial charge in [-0.15, -0.1) is 0 Å². The fourth-order valence-corrected chi connectivity index (χ4v) is 2.73. The highest BCUT2D eigenvalue weighted by Gasteiger charge is 2.22. The van der Waals surface area contributed by atoms with Crippen LogP contribution in [0.3, 0.4) is 0 Å². The molecule has 0 aromatic heterocycles. The van der Waals surface area contributed by atoms with Crippen LogP contribution in [0.2, 0.25) is 0 Å². The topological polar surface area (TPSA) is 12.0 Å². The molecule has 1 heteroatoms. The Hall–Kier alpha value is -0.0400. The maximum absolute atomic E-state index is 3.48. The minimum atomic E-state index is 0.786. The number of hydrogen-bond donors (Lipinski definition) is 1. The highest BCUT2D eigenvalue weighted by atomic mass is 14.9. The van der Waals surface area contributed by atoms with Gasteiger partial charge < -0.3 is 5.32 Å². The first-order valence-corrected chi connectivity index (χ1v) is 6.43. The van der Waals surface area contributed by atoms with Crippen molar-refractivity contribution < 1.29 is 0 Å². The van der Waals surface area contributed by atoms with E-state index in [1.807, 2.05) is 0 Å². The zero-order valence-electron chi connectivity index (χ0n) is 10.2. The molecule has 0 aromatic rings. The van der Waals surface area contributed by atoms with Crippen molar-refractivity contribution in [1.82, 2.24) is 5.32 Å². The lowest BCUT2D eigenvalue weighted by atomic mass is 9.93. The highest BCUT2D eigenvalue weighted by Crippen LogP contribution is 2.30. The van der Waals surface area contributed by atoms with Crippen molar-refractivity contribution in [3.8, 4) is 0 Å². The largest absolute Gasteiger partial charge is 0.317 e. The van der Waals surface area contributed by atoms with Crippen LogP contribution in [0.15, 0.2) is 0 Å². The van der Waals surface area contributed by atoms with Crippen LogP contribution in [0.5, 0.6) is 0 Å². The molecular formula is C13H27N. The lowest BCUT2D eigenvalue weighted by Crippen LogP contribution is -2.27. The minimum absolute atomic E-state index is 0.786. The van der Waals surface area contributed by atoms with Crippen molar-refractivity contribution in [2.24, 2.45) is 11.8 Å². The summed E-state index contributed by atoms with van der Waals surface area (Å²) in [5.74, 6) is 1.93. The Bertz CT molecular complexity index is 144. The molecule has 0 aliphatic heterocycles. The first-order valence-electron chi connectivity index (χ1n) is 6.43. The van der Waals surface area contributed by atoms with Crippen molar-refractivity contribution in [2.75, 3.05) is 7.05 Å². The second-order valence-corrected chi connectivity index (χ2v) is 5.15. The van der Waals surface area contributed by atoms with Gasteiger partial charge in [-0.25, -0.2) is 0 Å². The minimum Gasteiger partial charge on any atom is -0.317 e. The molecule has 0 saturated heterocycles. The molecule has 84 valence electrons. The van der Waals surface area contributed by atoms with Crippen LogP contribution in [-0.4, -0.2) is 13.1 Å². The Kier molecular flexibility index (Phi) is 5.54. The number of hydrogen-bond acceptors (Lipinski definition) is 1. The van der Waals surface area contributed by atoms with Gasteiger partial charge in [-0.1, -0.05) is 46.0 Å². The van der Waals surface area contributed by atoms with E-state index in [1.54, 1.807) is 0 Å². The fourth-order valence-electron chi connectivity index (χ4n) is 2.73. The van der Waals surface area contributed by atoms with Gasteiger partial charge in [-0.3, -0.25) is 0 Å². The second kappa shape index (κ2) is 6.44. The van der Waals surface area contributed by atoms with E-state index in [2.05, 4.69) is 26.2 Å². The quantitative estimate of drug-likeness (QED) is 0.679. The summed E-state index contributed by atoms with van der Waals surface area (Å²) >= 11 is 0. The molecule has 3 unspecified atom stereocenters. The molecule has 0 spiro atoms.